The van der Waals surface area contributed by atoms with Crippen molar-refractivity contribution in [2.45, 2.75) is 38.0 Å². The lowest BCUT2D eigenvalue weighted by molar-refractivity contribution is -0.120. The van der Waals surface area contributed by atoms with Gasteiger partial charge < -0.3 is 4.90 Å². The van der Waals surface area contributed by atoms with E-state index >= 15 is 0 Å². The van der Waals surface area contributed by atoms with E-state index in [9.17, 15) is 4.79 Å². The van der Waals surface area contributed by atoms with Crippen molar-refractivity contribution in [2.75, 3.05) is 11.4 Å². The van der Waals surface area contributed by atoms with Gasteiger partial charge in [-0.3, -0.25) is 9.89 Å². The SMILES string of the molecule is CC(C)CCN1C(=O)[C@@]2(CC2c2ccc3c(I)[nH]nc3c2)c2ccccc21. The Morgan fingerprint density at radius 1 is 1.30 bits per heavy atom. The number of carbonyl (C=O) groups is 1. The number of nitrogens with one attached hydrogen (secondary N) is 1. The molecule has 138 valence electrons. The van der Waals surface area contributed by atoms with Crippen LogP contribution in [-0.4, -0.2) is 22.6 Å². The van der Waals surface area contributed by atoms with Crippen molar-refractivity contribution in [3.63, 3.8) is 0 Å². The second-order valence-electron chi connectivity index (χ2n) is 8.20. The molecule has 0 bridgehead atoms. The number of aromatic amines is 1. The number of H-pyrrole nitrogens is 1. The summed E-state index contributed by atoms with van der Waals surface area (Å²) in [5.41, 5.74) is 4.15. The molecule has 2 aliphatic rings. The highest BCUT2D eigenvalue weighted by Gasteiger charge is 2.66. The van der Waals surface area contributed by atoms with E-state index in [0.717, 1.165) is 39.7 Å². The van der Waals surface area contributed by atoms with Gasteiger partial charge in [0.25, 0.3) is 0 Å². The molecule has 27 heavy (non-hydrogen) atoms. The molecular weight excluding hydrogens is 449 g/mol. The Hall–Kier alpha value is -1.89. The maximum Gasteiger partial charge on any atom is 0.238 e. The van der Waals surface area contributed by atoms with Crippen molar-refractivity contribution >= 4 is 45.1 Å². The zero-order valence-corrected chi connectivity index (χ0v) is 17.7. The lowest BCUT2D eigenvalue weighted by Gasteiger charge is -2.19. The third-order valence-corrected chi connectivity index (χ3v) is 6.95. The van der Waals surface area contributed by atoms with E-state index < -0.39 is 0 Å². The molecule has 0 saturated heterocycles. The quantitative estimate of drug-likeness (QED) is 0.546. The Morgan fingerprint density at radius 2 is 2.11 bits per heavy atom. The Morgan fingerprint density at radius 3 is 2.93 bits per heavy atom. The highest BCUT2D eigenvalue weighted by Crippen LogP contribution is 2.66. The van der Waals surface area contributed by atoms with Crippen LogP contribution >= 0.6 is 22.6 Å². The molecule has 3 aromatic rings. The summed E-state index contributed by atoms with van der Waals surface area (Å²) in [5, 5.41) is 8.59. The minimum absolute atomic E-state index is 0.244. The molecule has 5 rings (SSSR count). The number of aromatic nitrogens is 2. The van der Waals surface area contributed by atoms with Gasteiger partial charge in [0.05, 0.1) is 10.9 Å². The fraction of sp³-hybridized carbons (Fsp3) is 0.364. The maximum atomic E-state index is 13.5. The average molecular weight is 471 g/mol. The normalized spacial score (nSPS) is 23.6. The smallest absolute Gasteiger partial charge is 0.238 e. The second kappa shape index (κ2) is 6.06. The van der Waals surface area contributed by atoms with Crippen molar-refractivity contribution in [1.29, 1.82) is 0 Å². The highest BCUT2D eigenvalue weighted by atomic mass is 127. The molecular formula is C22H22IN3O. The first-order valence-electron chi connectivity index (χ1n) is 9.57. The van der Waals surface area contributed by atoms with Crippen LogP contribution in [0.4, 0.5) is 5.69 Å². The molecule has 1 spiro atoms. The first-order valence-corrected chi connectivity index (χ1v) is 10.6. The molecule has 1 aromatic heterocycles. The van der Waals surface area contributed by atoms with E-state index in [2.05, 4.69) is 83.0 Å². The minimum atomic E-state index is -0.370. The first kappa shape index (κ1) is 17.2. The Balaban J connectivity index is 1.53. The van der Waals surface area contributed by atoms with Crippen LogP contribution in [-0.2, 0) is 10.2 Å². The van der Waals surface area contributed by atoms with Gasteiger partial charge in [0.2, 0.25) is 5.91 Å². The van der Waals surface area contributed by atoms with Crippen LogP contribution < -0.4 is 4.90 Å². The van der Waals surface area contributed by atoms with Crippen molar-refractivity contribution in [1.82, 2.24) is 10.2 Å². The van der Waals surface area contributed by atoms with Crippen LogP contribution in [0, 0.1) is 9.62 Å². The fourth-order valence-corrected chi connectivity index (χ4v) is 5.15. The number of hydrogen-bond acceptors (Lipinski definition) is 2. The topological polar surface area (TPSA) is 49.0 Å². The van der Waals surface area contributed by atoms with E-state index in [1.54, 1.807) is 0 Å². The standard InChI is InChI=1S/C22H22IN3O/c1-13(2)9-10-26-19-6-4-3-5-16(19)22(21(26)27)12-17(22)14-7-8-15-18(11-14)24-25-20(15)23/h3-8,11,13,17H,9-10,12H2,1-2H3,(H,24,25)/t17?,22-/m0/s1. The molecule has 2 heterocycles. The molecule has 1 unspecified atom stereocenters. The number of amides is 1. The number of benzene rings is 2. The van der Waals surface area contributed by atoms with Crippen molar-refractivity contribution in [2.24, 2.45) is 5.92 Å². The van der Waals surface area contributed by atoms with Crippen LogP contribution in [0.25, 0.3) is 10.9 Å². The Bertz CT molecular complexity index is 1060. The molecule has 1 fully saturated rings. The summed E-state index contributed by atoms with van der Waals surface area (Å²) < 4.78 is 1.06. The van der Waals surface area contributed by atoms with E-state index in [1.165, 1.54) is 11.1 Å². The molecule has 1 amide bonds. The van der Waals surface area contributed by atoms with Gasteiger partial charge in [-0.2, -0.15) is 5.10 Å². The Kier molecular flexibility index (Phi) is 3.86. The summed E-state index contributed by atoms with van der Waals surface area (Å²) in [6, 6.07) is 14.8. The highest BCUT2D eigenvalue weighted by molar-refractivity contribution is 14.1. The van der Waals surface area contributed by atoms with E-state index in [4.69, 9.17) is 0 Å². The number of hydrogen-bond donors (Lipinski definition) is 1. The van der Waals surface area contributed by atoms with Crippen LogP contribution in [0.3, 0.4) is 0 Å². The minimum Gasteiger partial charge on any atom is -0.311 e. The van der Waals surface area contributed by atoms with E-state index in [0.29, 0.717) is 5.92 Å². The number of halogens is 1. The molecule has 1 aliphatic heterocycles. The summed E-state index contributed by atoms with van der Waals surface area (Å²) in [4.78, 5) is 15.5. The Labute approximate surface area is 172 Å². The monoisotopic (exact) mass is 471 g/mol. The molecule has 1 aliphatic carbocycles. The molecule has 1 N–H and O–H groups in total. The number of anilines is 1. The van der Waals surface area contributed by atoms with E-state index in [-0.39, 0.29) is 17.2 Å². The summed E-state index contributed by atoms with van der Waals surface area (Å²) in [6.07, 6.45) is 1.92. The fourth-order valence-electron chi connectivity index (χ4n) is 4.57. The number of rotatable bonds is 4. The van der Waals surface area contributed by atoms with Gasteiger partial charge in [-0.1, -0.05) is 38.1 Å². The zero-order chi connectivity index (χ0) is 18.8. The lowest BCUT2D eigenvalue weighted by atomic mass is 9.92. The summed E-state index contributed by atoms with van der Waals surface area (Å²) in [6.45, 7) is 5.23. The van der Waals surface area contributed by atoms with Crippen LogP contribution in [0.2, 0.25) is 0 Å². The molecule has 4 nitrogen and oxygen atoms in total. The number of carbonyl (C=O) groups excluding carboxylic acids is 1. The lowest BCUT2D eigenvalue weighted by Crippen LogP contribution is -2.34. The van der Waals surface area contributed by atoms with Crippen molar-refractivity contribution in [3.8, 4) is 0 Å². The van der Waals surface area contributed by atoms with Gasteiger partial charge in [-0.15, -0.1) is 0 Å². The maximum absolute atomic E-state index is 13.5. The summed E-state index contributed by atoms with van der Waals surface area (Å²) in [5.74, 6) is 1.11. The number of fused-ring (bicyclic) bond motifs is 3. The summed E-state index contributed by atoms with van der Waals surface area (Å²) in [7, 11) is 0. The van der Waals surface area contributed by atoms with Gasteiger partial charge in [-0.05, 0) is 70.7 Å². The predicted molar refractivity (Wildman–Crippen MR) is 116 cm³/mol. The van der Waals surface area contributed by atoms with Gasteiger partial charge in [0, 0.05) is 23.5 Å². The van der Waals surface area contributed by atoms with Crippen molar-refractivity contribution in [3.05, 3.63) is 57.3 Å². The predicted octanol–water partition coefficient (Wildman–Crippen LogP) is 4.99. The van der Waals surface area contributed by atoms with Gasteiger partial charge >= 0.3 is 0 Å². The average Bonchev–Trinajstić information content (AvgIpc) is 3.25. The van der Waals surface area contributed by atoms with E-state index in [1.807, 2.05) is 11.0 Å². The van der Waals surface area contributed by atoms with Crippen LogP contribution in [0.5, 0.6) is 0 Å². The largest absolute Gasteiger partial charge is 0.311 e. The molecule has 5 heteroatoms. The third kappa shape index (κ3) is 2.47. The molecule has 0 radical (unpaired) electrons. The van der Waals surface area contributed by atoms with Gasteiger partial charge in [0.1, 0.15) is 3.70 Å². The third-order valence-electron chi connectivity index (χ3n) is 6.13. The summed E-state index contributed by atoms with van der Waals surface area (Å²) >= 11 is 2.27. The second-order valence-corrected chi connectivity index (χ2v) is 9.28. The van der Waals surface area contributed by atoms with Gasteiger partial charge in [0.15, 0.2) is 0 Å². The number of nitrogens with zero attached hydrogens (tertiary/aromatic N) is 2. The van der Waals surface area contributed by atoms with Crippen molar-refractivity contribution < 1.29 is 4.79 Å². The van der Waals surface area contributed by atoms with Crippen LogP contribution in [0.15, 0.2) is 42.5 Å². The first-order chi connectivity index (χ1) is 13.0. The van der Waals surface area contributed by atoms with Gasteiger partial charge in [-0.25, -0.2) is 0 Å². The number of para-hydroxylation sites is 1. The molecule has 2 aromatic carbocycles. The zero-order valence-electron chi connectivity index (χ0n) is 15.5. The molecule has 1 saturated carbocycles. The molecule has 2 atom stereocenters. The van der Waals surface area contributed by atoms with Crippen LogP contribution in [0.1, 0.15) is 43.7 Å².